The number of anilines is 1. The van der Waals surface area contributed by atoms with E-state index in [2.05, 4.69) is 4.99 Å². The Bertz CT molecular complexity index is 871. The Labute approximate surface area is 158 Å². The van der Waals surface area contributed by atoms with E-state index in [1.54, 1.807) is 6.92 Å². The number of hydrogen-bond acceptors (Lipinski definition) is 7. The average Bonchev–Trinajstić information content (AvgIpc) is 3.03. The van der Waals surface area contributed by atoms with Crippen LogP contribution < -0.4 is 4.90 Å². The van der Waals surface area contributed by atoms with Crippen LogP contribution >= 0.6 is 11.8 Å². The van der Waals surface area contributed by atoms with E-state index < -0.39 is 39.6 Å². The Kier molecular flexibility index (Phi) is 5.44. The van der Waals surface area contributed by atoms with E-state index in [0.29, 0.717) is 5.17 Å². The topological polar surface area (TPSA) is 76.0 Å². The molecule has 27 heavy (non-hydrogen) atoms. The minimum atomic E-state index is -4.52. The number of fused-ring (bicyclic) bond motifs is 1. The zero-order valence-corrected chi connectivity index (χ0v) is 15.9. The van der Waals surface area contributed by atoms with Crippen molar-refractivity contribution in [2.45, 2.75) is 25.2 Å². The third kappa shape index (κ3) is 4.40. The molecule has 1 aromatic rings. The number of amidine groups is 1. The van der Waals surface area contributed by atoms with Crippen molar-refractivity contribution in [3.8, 4) is 0 Å². The van der Waals surface area contributed by atoms with Crippen LogP contribution in [-0.4, -0.2) is 55.5 Å². The van der Waals surface area contributed by atoms with Gasteiger partial charge in [-0.25, -0.2) is 8.42 Å². The molecule has 0 spiro atoms. The average molecular weight is 422 g/mol. The number of halogens is 3. The summed E-state index contributed by atoms with van der Waals surface area (Å²) in [5.74, 6) is -0.884. The molecule has 0 amide bonds. The molecule has 1 aromatic carbocycles. The van der Waals surface area contributed by atoms with E-state index in [0.717, 1.165) is 23.9 Å². The molecule has 0 aromatic heterocycles. The van der Waals surface area contributed by atoms with Gasteiger partial charge in [-0.05, 0) is 25.1 Å². The summed E-state index contributed by atoms with van der Waals surface area (Å²) in [7, 11) is -3.32. The highest BCUT2D eigenvalue weighted by atomic mass is 32.2. The van der Waals surface area contributed by atoms with Gasteiger partial charge in [0, 0.05) is 5.69 Å². The number of carbonyl (C=O) groups excluding carboxylic acids is 1. The van der Waals surface area contributed by atoms with Crippen LogP contribution in [0.1, 0.15) is 12.5 Å². The predicted molar refractivity (Wildman–Crippen MR) is 96.7 cm³/mol. The smallest absolute Gasteiger partial charge is 0.416 e. The van der Waals surface area contributed by atoms with Crippen LogP contribution in [0, 0.1) is 0 Å². The number of nitrogens with zero attached hydrogens (tertiary/aromatic N) is 2. The van der Waals surface area contributed by atoms with E-state index in [1.165, 1.54) is 17.0 Å². The fourth-order valence-electron chi connectivity index (χ4n) is 3.09. The molecular formula is C16H17F3N2O4S2. The third-order valence-electron chi connectivity index (χ3n) is 4.18. The molecule has 0 unspecified atom stereocenters. The molecule has 0 aliphatic carbocycles. The Morgan fingerprint density at radius 1 is 1.37 bits per heavy atom. The van der Waals surface area contributed by atoms with Gasteiger partial charge in [0.25, 0.3) is 0 Å². The lowest BCUT2D eigenvalue weighted by Crippen LogP contribution is -2.39. The zero-order chi connectivity index (χ0) is 19.8. The number of rotatable bonds is 4. The lowest BCUT2D eigenvalue weighted by Gasteiger charge is -2.27. The van der Waals surface area contributed by atoms with Gasteiger partial charge in [-0.15, -0.1) is 0 Å². The van der Waals surface area contributed by atoms with Gasteiger partial charge in [-0.2, -0.15) is 13.2 Å². The maximum Gasteiger partial charge on any atom is 0.416 e. The largest absolute Gasteiger partial charge is 0.465 e. The molecule has 0 N–H and O–H groups in total. The Balaban J connectivity index is 1.91. The lowest BCUT2D eigenvalue weighted by molar-refractivity contribution is -0.140. The SMILES string of the molecule is CCOC(=O)CSC1=N[C@H]2CS(=O)(=O)C[C@H]2N1c1cccc(C(F)(F)F)c1. The van der Waals surface area contributed by atoms with Gasteiger partial charge in [0.1, 0.15) is 0 Å². The molecule has 6 nitrogen and oxygen atoms in total. The van der Waals surface area contributed by atoms with Gasteiger partial charge < -0.3 is 9.64 Å². The van der Waals surface area contributed by atoms with Crippen molar-refractivity contribution in [1.29, 1.82) is 0 Å². The number of sulfone groups is 1. The summed E-state index contributed by atoms with van der Waals surface area (Å²) >= 11 is 1.03. The van der Waals surface area contributed by atoms with E-state index >= 15 is 0 Å². The fourth-order valence-corrected chi connectivity index (χ4v) is 5.86. The molecule has 2 aliphatic rings. The monoisotopic (exact) mass is 422 g/mol. The summed E-state index contributed by atoms with van der Waals surface area (Å²) in [6.07, 6.45) is -4.52. The number of carbonyl (C=O) groups is 1. The van der Waals surface area contributed by atoms with Crippen molar-refractivity contribution in [1.82, 2.24) is 0 Å². The first kappa shape index (κ1) is 20.0. The second kappa shape index (κ2) is 7.34. The lowest BCUT2D eigenvalue weighted by atomic mass is 10.1. The molecule has 2 aliphatic heterocycles. The van der Waals surface area contributed by atoms with Gasteiger partial charge in [0.05, 0.1) is 41.5 Å². The predicted octanol–water partition coefficient (Wildman–Crippen LogP) is 2.34. The molecule has 0 bridgehead atoms. The van der Waals surface area contributed by atoms with Crippen LogP contribution in [0.15, 0.2) is 29.3 Å². The molecule has 148 valence electrons. The summed E-state index contributed by atoms with van der Waals surface area (Å²) in [6.45, 7) is 1.88. The first-order valence-corrected chi connectivity index (χ1v) is 10.9. The first-order valence-electron chi connectivity index (χ1n) is 8.14. The quantitative estimate of drug-likeness (QED) is 0.694. The second-order valence-corrected chi connectivity index (χ2v) is 9.23. The number of hydrogen-bond donors (Lipinski definition) is 0. The minimum absolute atomic E-state index is 0.0612. The number of aliphatic imine (C=N–C) groups is 1. The number of esters is 1. The van der Waals surface area contributed by atoms with Crippen molar-refractivity contribution in [3.05, 3.63) is 29.8 Å². The zero-order valence-electron chi connectivity index (χ0n) is 14.3. The van der Waals surface area contributed by atoms with Crippen LogP contribution in [0.4, 0.5) is 18.9 Å². The molecule has 0 saturated carbocycles. The summed E-state index contributed by atoms with van der Waals surface area (Å²) in [5, 5.41) is 0.326. The molecule has 11 heteroatoms. The van der Waals surface area contributed by atoms with Crippen LogP contribution in [-0.2, 0) is 25.5 Å². The normalized spacial score (nSPS) is 23.9. The van der Waals surface area contributed by atoms with Gasteiger partial charge in [0.15, 0.2) is 15.0 Å². The highest BCUT2D eigenvalue weighted by Crippen LogP contribution is 2.37. The van der Waals surface area contributed by atoms with Crippen LogP contribution in [0.25, 0.3) is 0 Å². The Morgan fingerprint density at radius 3 is 2.78 bits per heavy atom. The number of benzene rings is 1. The third-order valence-corrected chi connectivity index (χ3v) is 6.82. The van der Waals surface area contributed by atoms with Crippen molar-refractivity contribution >= 4 is 38.4 Å². The maximum atomic E-state index is 13.1. The van der Waals surface area contributed by atoms with Crippen molar-refractivity contribution in [2.75, 3.05) is 28.8 Å². The molecule has 2 atom stereocenters. The van der Waals surface area contributed by atoms with Gasteiger partial charge >= 0.3 is 12.1 Å². The molecule has 0 radical (unpaired) electrons. The van der Waals surface area contributed by atoms with E-state index in [-0.39, 0.29) is 29.6 Å². The van der Waals surface area contributed by atoms with Gasteiger partial charge in [0.2, 0.25) is 0 Å². The molecule has 1 fully saturated rings. The summed E-state index contributed by atoms with van der Waals surface area (Å²) in [4.78, 5) is 17.5. The van der Waals surface area contributed by atoms with Crippen LogP contribution in [0.3, 0.4) is 0 Å². The van der Waals surface area contributed by atoms with Crippen molar-refractivity contribution in [2.24, 2.45) is 4.99 Å². The van der Waals surface area contributed by atoms with E-state index in [9.17, 15) is 26.4 Å². The number of ether oxygens (including phenoxy) is 1. The van der Waals surface area contributed by atoms with Crippen LogP contribution in [0.2, 0.25) is 0 Å². The summed E-state index contributed by atoms with van der Waals surface area (Å²) in [6, 6.07) is 3.52. The second-order valence-electron chi connectivity index (χ2n) is 6.14. The van der Waals surface area contributed by atoms with Gasteiger partial charge in [-0.3, -0.25) is 9.79 Å². The molecular weight excluding hydrogens is 405 g/mol. The van der Waals surface area contributed by atoms with Crippen LogP contribution in [0.5, 0.6) is 0 Å². The standard InChI is InChI=1S/C16H17F3N2O4S2/c1-2-25-14(22)7-26-15-20-12-8-27(23,24)9-13(12)21(15)11-5-3-4-10(6-11)16(17,18)19/h3-6,12-13H,2,7-9H2,1H3/t12-,13+/m0/s1. The minimum Gasteiger partial charge on any atom is -0.465 e. The molecule has 2 heterocycles. The summed E-state index contributed by atoms with van der Waals surface area (Å²) in [5.41, 5.74) is -0.636. The van der Waals surface area contributed by atoms with Crippen molar-refractivity contribution < 1.29 is 31.1 Å². The van der Waals surface area contributed by atoms with E-state index in [1.807, 2.05) is 0 Å². The highest BCUT2D eigenvalue weighted by Gasteiger charge is 2.47. The van der Waals surface area contributed by atoms with E-state index in [4.69, 9.17) is 4.74 Å². The number of alkyl halides is 3. The Morgan fingerprint density at radius 2 is 2.11 bits per heavy atom. The Hall–Kier alpha value is -1.75. The molecule has 3 rings (SSSR count). The van der Waals surface area contributed by atoms with Gasteiger partial charge in [-0.1, -0.05) is 17.8 Å². The summed E-state index contributed by atoms with van der Waals surface area (Å²) < 4.78 is 68.0. The highest BCUT2D eigenvalue weighted by molar-refractivity contribution is 8.14. The number of thioether (sulfide) groups is 1. The first-order chi connectivity index (χ1) is 12.6. The van der Waals surface area contributed by atoms with Crippen molar-refractivity contribution in [3.63, 3.8) is 0 Å². The maximum absolute atomic E-state index is 13.1. The fraction of sp³-hybridized carbons (Fsp3) is 0.500. The molecule has 1 saturated heterocycles.